The fraction of sp³-hybridized carbons (Fsp3) is 0.462. The van der Waals surface area contributed by atoms with Gasteiger partial charge in [0, 0.05) is 13.7 Å². The summed E-state index contributed by atoms with van der Waals surface area (Å²) in [5, 5.41) is 8.71. The normalized spacial score (nSPS) is 12.3. The summed E-state index contributed by atoms with van der Waals surface area (Å²) in [7, 11) is 1.24. The minimum absolute atomic E-state index is 0.0269. The third kappa shape index (κ3) is 4.82. The summed E-state index contributed by atoms with van der Waals surface area (Å²) in [6.07, 6.45) is -3.74. The molecule has 0 saturated carbocycles. The number of aliphatic hydroxyl groups excluding tert-OH is 1. The molecule has 0 aliphatic heterocycles. The molecule has 0 heterocycles. The number of hydrogen-bond donors (Lipinski definition) is 1. The van der Waals surface area contributed by atoms with Gasteiger partial charge in [0.15, 0.2) is 0 Å². The topological polar surface area (TPSA) is 49.8 Å². The van der Waals surface area contributed by atoms with Gasteiger partial charge in [0.25, 0.3) is 6.43 Å². The lowest BCUT2D eigenvalue weighted by Gasteiger charge is -2.26. The molecule has 1 aromatic carbocycles. The number of alkyl halides is 2. The first-order valence-corrected chi connectivity index (χ1v) is 5.88. The highest BCUT2D eigenvalue weighted by molar-refractivity contribution is 5.67. The Morgan fingerprint density at radius 3 is 2.53 bits per heavy atom. The molecule has 1 rings (SSSR count). The van der Waals surface area contributed by atoms with Crippen LogP contribution in [-0.2, 0) is 11.3 Å². The number of hydrogen-bond acceptors (Lipinski definition) is 3. The molecular formula is C13H17F2NO3. The van der Waals surface area contributed by atoms with Crippen LogP contribution in [-0.4, -0.2) is 42.2 Å². The zero-order valence-electron chi connectivity index (χ0n) is 10.6. The van der Waals surface area contributed by atoms with Gasteiger partial charge in [-0.1, -0.05) is 30.3 Å². The molecule has 0 saturated heterocycles. The molecule has 4 nitrogen and oxygen atoms in total. The third-order valence-corrected chi connectivity index (χ3v) is 2.71. The van der Waals surface area contributed by atoms with Gasteiger partial charge in [-0.3, -0.25) is 0 Å². The number of amides is 1. The van der Waals surface area contributed by atoms with Crippen molar-refractivity contribution in [1.29, 1.82) is 0 Å². The molecule has 1 N–H and O–H groups in total. The van der Waals surface area contributed by atoms with Crippen LogP contribution >= 0.6 is 0 Å². The van der Waals surface area contributed by atoms with E-state index in [-0.39, 0.29) is 13.0 Å². The van der Waals surface area contributed by atoms with Crippen molar-refractivity contribution in [2.45, 2.75) is 25.5 Å². The van der Waals surface area contributed by atoms with Crippen LogP contribution in [0.1, 0.15) is 12.0 Å². The van der Waals surface area contributed by atoms with Crippen molar-refractivity contribution in [3.63, 3.8) is 0 Å². The van der Waals surface area contributed by atoms with Crippen molar-refractivity contribution < 1.29 is 23.4 Å². The summed E-state index contributed by atoms with van der Waals surface area (Å²) in [5.41, 5.74) is 0.778. The highest BCUT2D eigenvalue weighted by Crippen LogP contribution is 2.13. The first-order valence-electron chi connectivity index (χ1n) is 5.88. The quantitative estimate of drug-likeness (QED) is 0.865. The van der Waals surface area contributed by atoms with Crippen LogP contribution < -0.4 is 0 Å². The lowest BCUT2D eigenvalue weighted by atomic mass is 10.2. The largest absolute Gasteiger partial charge is 0.445 e. The molecule has 0 radical (unpaired) electrons. The Kier molecular flexibility index (Phi) is 6.21. The molecule has 1 unspecified atom stereocenters. The zero-order valence-corrected chi connectivity index (χ0v) is 10.6. The van der Waals surface area contributed by atoms with Crippen LogP contribution in [0, 0.1) is 0 Å². The molecule has 1 atom stereocenters. The lowest BCUT2D eigenvalue weighted by Crippen LogP contribution is -2.42. The van der Waals surface area contributed by atoms with E-state index in [2.05, 4.69) is 0 Å². The zero-order chi connectivity index (χ0) is 14.3. The minimum Gasteiger partial charge on any atom is -0.445 e. The van der Waals surface area contributed by atoms with Crippen molar-refractivity contribution >= 4 is 6.09 Å². The van der Waals surface area contributed by atoms with Crippen LogP contribution in [0.3, 0.4) is 0 Å². The Hall–Kier alpha value is -1.69. The molecule has 0 aliphatic carbocycles. The summed E-state index contributed by atoms with van der Waals surface area (Å²) in [4.78, 5) is 12.4. The van der Waals surface area contributed by atoms with Crippen LogP contribution in [0.2, 0.25) is 0 Å². The number of rotatable bonds is 6. The first-order chi connectivity index (χ1) is 9.06. The summed E-state index contributed by atoms with van der Waals surface area (Å²) in [6.45, 7) is -0.385. The highest BCUT2D eigenvalue weighted by Gasteiger charge is 2.28. The number of carbonyl (C=O) groups is 1. The van der Waals surface area contributed by atoms with Gasteiger partial charge in [-0.25, -0.2) is 13.6 Å². The van der Waals surface area contributed by atoms with Gasteiger partial charge in [-0.2, -0.15) is 0 Å². The average molecular weight is 273 g/mol. The standard InChI is InChI=1S/C13H17F2NO3/c1-16(11(7-8-17)12(14)15)13(18)19-9-10-5-3-2-4-6-10/h2-6,11-12,17H,7-9H2,1H3. The van der Waals surface area contributed by atoms with E-state index < -0.39 is 25.2 Å². The molecule has 0 fully saturated rings. The van der Waals surface area contributed by atoms with Gasteiger partial charge in [0.1, 0.15) is 6.61 Å². The van der Waals surface area contributed by atoms with Gasteiger partial charge in [-0.15, -0.1) is 0 Å². The van der Waals surface area contributed by atoms with E-state index in [1.54, 1.807) is 24.3 Å². The number of carbonyl (C=O) groups excluding carboxylic acids is 1. The Morgan fingerprint density at radius 1 is 1.37 bits per heavy atom. The van der Waals surface area contributed by atoms with E-state index in [0.29, 0.717) is 0 Å². The molecular weight excluding hydrogens is 256 g/mol. The van der Waals surface area contributed by atoms with Crippen molar-refractivity contribution in [3.8, 4) is 0 Å². The van der Waals surface area contributed by atoms with E-state index in [1.165, 1.54) is 7.05 Å². The molecule has 6 heteroatoms. The second-order valence-corrected chi connectivity index (χ2v) is 4.07. The molecule has 0 aromatic heterocycles. The van der Waals surface area contributed by atoms with Crippen LogP contribution in [0.5, 0.6) is 0 Å². The maximum Gasteiger partial charge on any atom is 0.410 e. The average Bonchev–Trinajstić information content (AvgIpc) is 2.42. The monoisotopic (exact) mass is 273 g/mol. The molecule has 0 bridgehead atoms. The van der Waals surface area contributed by atoms with E-state index in [0.717, 1.165) is 10.5 Å². The Bertz CT molecular complexity index is 387. The van der Waals surface area contributed by atoms with Crippen molar-refractivity contribution in [2.24, 2.45) is 0 Å². The number of halogens is 2. The Morgan fingerprint density at radius 2 is 2.00 bits per heavy atom. The summed E-state index contributed by atoms with van der Waals surface area (Å²) >= 11 is 0. The molecule has 106 valence electrons. The van der Waals surface area contributed by atoms with Crippen LogP contribution in [0.4, 0.5) is 13.6 Å². The maximum atomic E-state index is 12.7. The van der Waals surface area contributed by atoms with Crippen molar-refractivity contribution in [2.75, 3.05) is 13.7 Å². The highest BCUT2D eigenvalue weighted by atomic mass is 19.3. The number of ether oxygens (including phenoxy) is 1. The summed E-state index contributed by atoms with van der Waals surface area (Å²) in [6, 6.07) is 7.61. The SMILES string of the molecule is CN(C(=O)OCc1ccccc1)C(CCO)C(F)F. The van der Waals surface area contributed by atoms with Crippen LogP contribution in [0.25, 0.3) is 0 Å². The smallest absolute Gasteiger partial charge is 0.410 e. The predicted molar refractivity (Wildman–Crippen MR) is 65.9 cm³/mol. The molecule has 19 heavy (non-hydrogen) atoms. The van der Waals surface area contributed by atoms with Gasteiger partial charge < -0.3 is 14.7 Å². The fourth-order valence-corrected chi connectivity index (χ4v) is 1.58. The maximum absolute atomic E-state index is 12.7. The van der Waals surface area contributed by atoms with Crippen molar-refractivity contribution in [1.82, 2.24) is 4.90 Å². The fourth-order valence-electron chi connectivity index (χ4n) is 1.58. The molecule has 0 spiro atoms. The Balaban J connectivity index is 2.52. The van der Waals surface area contributed by atoms with Gasteiger partial charge >= 0.3 is 6.09 Å². The van der Waals surface area contributed by atoms with Gasteiger partial charge in [0.05, 0.1) is 6.04 Å². The minimum atomic E-state index is -2.72. The van der Waals surface area contributed by atoms with E-state index in [1.807, 2.05) is 6.07 Å². The first kappa shape index (κ1) is 15.4. The van der Waals surface area contributed by atoms with E-state index >= 15 is 0 Å². The predicted octanol–water partition coefficient (Wildman–Crippen LogP) is 2.27. The third-order valence-electron chi connectivity index (χ3n) is 2.71. The lowest BCUT2D eigenvalue weighted by molar-refractivity contribution is 0.0153. The molecule has 1 amide bonds. The van der Waals surface area contributed by atoms with E-state index in [4.69, 9.17) is 9.84 Å². The number of aliphatic hydroxyl groups is 1. The van der Waals surface area contributed by atoms with Gasteiger partial charge in [0.2, 0.25) is 0 Å². The second kappa shape index (κ2) is 7.68. The second-order valence-electron chi connectivity index (χ2n) is 4.07. The summed E-state index contributed by atoms with van der Waals surface area (Å²) in [5.74, 6) is 0. The van der Waals surface area contributed by atoms with Gasteiger partial charge in [-0.05, 0) is 12.0 Å². The number of nitrogens with zero attached hydrogens (tertiary/aromatic N) is 1. The summed E-state index contributed by atoms with van der Waals surface area (Å²) < 4.78 is 30.3. The number of benzene rings is 1. The Labute approximate surface area is 110 Å². The van der Waals surface area contributed by atoms with Crippen LogP contribution in [0.15, 0.2) is 30.3 Å². The van der Waals surface area contributed by atoms with E-state index in [9.17, 15) is 13.6 Å². The molecule has 1 aromatic rings. The van der Waals surface area contributed by atoms with Crippen molar-refractivity contribution in [3.05, 3.63) is 35.9 Å². The molecule has 0 aliphatic rings.